The Morgan fingerprint density at radius 2 is 1.82 bits per heavy atom. The molecule has 1 saturated carbocycles. The highest BCUT2D eigenvalue weighted by Gasteiger charge is 2.43. The van der Waals surface area contributed by atoms with E-state index >= 15 is 0 Å². The molecule has 1 aliphatic rings. The van der Waals surface area contributed by atoms with Crippen molar-refractivity contribution in [3.8, 4) is 0 Å². The molecule has 100 valence electrons. The van der Waals surface area contributed by atoms with Crippen LogP contribution in [0.15, 0.2) is 0 Å². The monoisotopic (exact) mass is 258 g/mol. The predicted octanol–water partition coefficient (Wildman–Crippen LogP) is 2.74. The average Bonchev–Trinajstić information content (AvgIpc) is 2.11. The van der Waals surface area contributed by atoms with Crippen LogP contribution in [-0.2, 0) is 9.22 Å². The van der Waals surface area contributed by atoms with Crippen molar-refractivity contribution in [1.29, 1.82) is 0 Å². The number of hydrogen-bond donors (Lipinski definition) is 1. The average molecular weight is 258 g/mol. The Labute approximate surface area is 106 Å². The summed E-state index contributed by atoms with van der Waals surface area (Å²) in [6, 6.07) is 0. The van der Waals surface area contributed by atoms with Gasteiger partial charge in [0.1, 0.15) is 5.78 Å². The molecule has 1 rings (SSSR count). The molecule has 0 radical (unpaired) electrons. The third-order valence-electron chi connectivity index (χ3n) is 4.19. The van der Waals surface area contributed by atoms with Gasteiger partial charge < -0.3 is 9.53 Å². The first-order valence-corrected chi connectivity index (χ1v) is 9.33. The smallest absolute Gasteiger partial charge is 0.192 e. The molecule has 4 heteroatoms. The molecule has 1 fully saturated rings. The van der Waals surface area contributed by atoms with Crippen molar-refractivity contribution < 1.29 is 14.3 Å². The fraction of sp³-hybridized carbons (Fsp3) is 0.923. The Morgan fingerprint density at radius 3 is 2.29 bits per heavy atom. The molecule has 3 nitrogen and oxygen atoms in total. The van der Waals surface area contributed by atoms with Crippen LogP contribution in [-0.4, -0.2) is 31.4 Å². The third-order valence-corrected chi connectivity index (χ3v) is 8.70. The molecular formula is C13H26O3Si. The van der Waals surface area contributed by atoms with Crippen molar-refractivity contribution in [1.82, 2.24) is 0 Å². The lowest BCUT2D eigenvalue weighted by molar-refractivity contribution is -0.130. The van der Waals surface area contributed by atoms with Crippen molar-refractivity contribution in [2.45, 2.75) is 70.9 Å². The van der Waals surface area contributed by atoms with Crippen molar-refractivity contribution in [2.75, 3.05) is 0 Å². The Hall–Kier alpha value is -0.193. The molecule has 0 spiro atoms. The van der Waals surface area contributed by atoms with E-state index in [1.807, 2.05) is 6.92 Å². The van der Waals surface area contributed by atoms with E-state index in [-0.39, 0.29) is 22.8 Å². The molecule has 0 aromatic carbocycles. The summed E-state index contributed by atoms with van der Waals surface area (Å²) < 4.78 is 6.16. The van der Waals surface area contributed by atoms with Gasteiger partial charge in [-0.1, -0.05) is 27.7 Å². The summed E-state index contributed by atoms with van der Waals surface area (Å²) in [4.78, 5) is 11.6. The first-order valence-electron chi connectivity index (χ1n) is 6.42. The first kappa shape index (κ1) is 14.9. The first-order chi connectivity index (χ1) is 7.54. The van der Waals surface area contributed by atoms with Crippen molar-refractivity contribution in [2.24, 2.45) is 5.92 Å². The topological polar surface area (TPSA) is 46.5 Å². The zero-order valence-electron chi connectivity index (χ0n) is 11.9. The van der Waals surface area contributed by atoms with Crippen LogP contribution < -0.4 is 0 Å². The van der Waals surface area contributed by atoms with E-state index in [0.717, 1.165) is 0 Å². The van der Waals surface area contributed by atoms with Crippen molar-refractivity contribution in [3.05, 3.63) is 0 Å². The van der Waals surface area contributed by atoms with Gasteiger partial charge in [0, 0.05) is 12.8 Å². The van der Waals surface area contributed by atoms with Crippen LogP contribution in [0.25, 0.3) is 0 Å². The van der Waals surface area contributed by atoms with Crippen LogP contribution in [0.5, 0.6) is 0 Å². The number of rotatable bonds is 2. The zero-order valence-corrected chi connectivity index (χ0v) is 12.9. The Balaban J connectivity index is 2.76. The number of carbonyl (C=O) groups is 1. The van der Waals surface area contributed by atoms with Gasteiger partial charge in [-0.25, -0.2) is 0 Å². The maximum atomic E-state index is 11.6. The second-order valence-electron chi connectivity index (χ2n) is 6.83. The van der Waals surface area contributed by atoms with E-state index in [9.17, 15) is 9.90 Å². The van der Waals surface area contributed by atoms with E-state index in [1.165, 1.54) is 0 Å². The summed E-state index contributed by atoms with van der Waals surface area (Å²) in [7, 11) is -1.91. The molecule has 0 saturated heterocycles. The lowest BCUT2D eigenvalue weighted by atomic mass is 9.85. The quantitative estimate of drug-likeness (QED) is 0.775. The van der Waals surface area contributed by atoms with E-state index in [1.54, 1.807) is 0 Å². The lowest BCUT2D eigenvalue weighted by Gasteiger charge is -2.42. The highest BCUT2D eigenvalue weighted by molar-refractivity contribution is 6.74. The van der Waals surface area contributed by atoms with Gasteiger partial charge >= 0.3 is 0 Å². The number of hydrogen-bond acceptors (Lipinski definition) is 3. The molecule has 0 heterocycles. The van der Waals surface area contributed by atoms with Gasteiger partial charge in [0.15, 0.2) is 8.32 Å². The number of carbonyl (C=O) groups excluding carboxylic acids is 1. The van der Waals surface area contributed by atoms with Gasteiger partial charge in [-0.2, -0.15) is 0 Å². The summed E-state index contributed by atoms with van der Waals surface area (Å²) in [5, 5.41) is 10.2. The molecule has 0 bridgehead atoms. The summed E-state index contributed by atoms with van der Waals surface area (Å²) in [6.07, 6.45) is 0.0604. The normalized spacial score (nSPS) is 31.7. The summed E-state index contributed by atoms with van der Waals surface area (Å²) in [6.45, 7) is 12.7. The molecule has 0 aromatic rings. The molecule has 1 N–H and O–H groups in total. The SMILES string of the molecule is C[C@@H]1CC(=O)C[C@@H](O[Si](C)(C)C(C)(C)C)C1O. The standard InChI is InChI=1S/C13H26O3Si/c1-9-7-10(14)8-11(12(9)15)16-17(5,6)13(2,3)4/h9,11-12,15H,7-8H2,1-6H3/t9-,11-,12?/m1/s1. The summed E-state index contributed by atoms with van der Waals surface area (Å²) >= 11 is 0. The lowest BCUT2D eigenvalue weighted by Crippen LogP contribution is -2.51. The Morgan fingerprint density at radius 1 is 1.29 bits per heavy atom. The minimum Gasteiger partial charge on any atom is -0.411 e. The fourth-order valence-corrected chi connectivity index (χ4v) is 3.27. The van der Waals surface area contributed by atoms with Gasteiger partial charge in [0.25, 0.3) is 0 Å². The zero-order chi connectivity index (χ0) is 13.4. The number of Topliss-reactive ketones (excluding diaryl/α,β-unsaturated/α-hetero) is 1. The van der Waals surface area contributed by atoms with Crippen molar-refractivity contribution in [3.63, 3.8) is 0 Å². The Bertz CT molecular complexity index is 294. The second-order valence-corrected chi connectivity index (χ2v) is 11.6. The number of aliphatic hydroxyl groups excluding tert-OH is 1. The van der Waals surface area contributed by atoms with E-state index in [0.29, 0.717) is 12.8 Å². The van der Waals surface area contributed by atoms with Crippen LogP contribution in [0.3, 0.4) is 0 Å². The Kier molecular flexibility index (Phi) is 4.22. The van der Waals surface area contributed by atoms with Crippen LogP contribution in [0.1, 0.15) is 40.5 Å². The van der Waals surface area contributed by atoms with Gasteiger partial charge in [0.2, 0.25) is 0 Å². The molecule has 0 aromatic heterocycles. The van der Waals surface area contributed by atoms with Crippen LogP contribution in [0, 0.1) is 5.92 Å². The molecule has 1 aliphatic carbocycles. The third kappa shape index (κ3) is 3.39. The number of ketones is 1. The molecular weight excluding hydrogens is 232 g/mol. The van der Waals surface area contributed by atoms with Gasteiger partial charge in [-0.3, -0.25) is 4.79 Å². The fourth-order valence-electron chi connectivity index (χ4n) is 1.94. The predicted molar refractivity (Wildman–Crippen MR) is 71.5 cm³/mol. The van der Waals surface area contributed by atoms with E-state index in [2.05, 4.69) is 33.9 Å². The summed E-state index contributed by atoms with van der Waals surface area (Å²) in [5.74, 6) is 0.234. The second kappa shape index (κ2) is 4.82. The van der Waals surface area contributed by atoms with Gasteiger partial charge in [-0.05, 0) is 24.1 Å². The molecule has 0 amide bonds. The van der Waals surface area contributed by atoms with Crippen molar-refractivity contribution >= 4 is 14.1 Å². The van der Waals surface area contributed by atoms with Gasteiger partial charge in [0.05, 0.1) is 12.2 Å². The molecule has 17 heavy (non-hydrogen) atoms. The minimum absolute atomic E-state index is 0.0195. The van der Waals surface area contributed by atoms with E-state index < -0.39 is 14.4 Å². The van der Waals surface area contributed by atoms with Crippen LogP contribution >= 0.6 is 0 Å². The molecule has 3 atom stereocenters. The minimum atomic E-state index is -1.91. The van der Waals surface area contributed by atoms with Crippen LogP contribution in [0.4, 0.5) is 0 Å². The van der Waals surface area contributed by atoms with E-state index in [4.69, 9.17) is 4.43 Å². The highest BCUT2D eigenvalue weighted by Crippen LogP contribution is 2.39. The van der Waals surface area contributed by atoms with Crippen LogP contribution in [0.2, 0.25) is 18.1 Å². The molecule has 0 aliphatic heterocycles. The largest absolute Gasteiger partial charge is 0.411 e. The highest BCUT2D eigenvalue weighted by atomic mass is 28.4. The summed E-state index contributed by atoms with van der Waals surface area (Å²) in [5.41, 5.74) is 0. The number of aliphatic hydroxyl groups is 1. The maximum absolute atomic E-state index is 11.6. The van der Waals surface area contributed by atoms with Gasteiger partial charge in [-0.15, -0.1) is 0 Å². The maximum Gasteiger partial charge on any atom is 0.192 e. The molecule has 1 unspecified atom stereocenters.